The highest BCUT2D eigenvalue weighted by molar-refractivity contribution is 5.79. The number of aliphatic carboxylic acids is 1. The molecule has 2 rings (SSSR count). The first-order valence-electron chi connectivity index (χ1n) is 5.16. The first-order chi connectivity index (χ1) is 8.24. The van der Waals surface area contributed by atoms with Gasteiger partial charge in [-0.2, -0.15) is 5.26 Å². The second-order valence-corrected chi connectivity index (χ2v) is 3.61. The Morgan fingerprint density at radius 1 is 1.71 bits per heavy atom. The van der Waals surface area contributed by atoms with E-state index in [1.165, 1.54) is 0 Å². The average molecular weight is 233 g/mol. The number of morpholine rings is 1. The smallest absolute Gasteiger partial charge is 0.328 e. The Balaban J connectivity index is 2.36. The maximum absolute atomic E-state index is 11.1. The lowest BCUT2D eigenvalue weighted by Crippen LogP contribution is -2.50. The number of aromatic nitrogens is 1. The van der Waals surface area contributed by atoms with Crippen LogP contribution in [-0.2, 0) is 9.53 Å². The molecule has 6 nitrogen and oxygen atoms in total. The number of ether oxygens (including phenoxy) is 1. The minimum Gasteiger partial charge on any atom is -0.480 e. The van der Waals surface area contributed by atoms with Gasteiger partial charge in [-0.15, -0.1) is 0 Å². The number of hydrogen-bond donors (Lipinski definition) is 1. The van der Waals surface area contributed by atoms with E-state index in [1.807, 2.05) is 6.07 Å². The van der Waals surface area contributed by atoms with Crippen molar-refractivity contribution in [3.8, 4) is 6.07 Å². The highest BCUT2D eigenvalue weighted by atomic mass is 16.5. The molecule has 1 saturated heterocycles. The van der Waals surface area contributed by atoms with Crippen LogP contribution in [0.1, 0.15) is 5.56 Å². The third kappa shape index (κ3) is 2.19. The number of hydrogen-bond acceptors (Lipinski definition) is 5. The fourth-order valence-corrected chi connectivity index (χ4v) is 1.77. The van der Waals surface area contributed by atoms with Crippen molar-refractivity contribution in [3.63, 3.8) is 0 Å². The zero-order chi connectivity index (χ0) is 12.3. The van der Waals surface area contributed by atoms with Gasteiger partial charge >= 0.3 is 5.97 Å². The van der Waals surface area contributed by atoms with Gasteiger partial charge in [0, 0.05) is 12.7 Å². The van der Waals surface area contributed by atoms with E-state index in [9.17, 15) is 4.79 Å². The van der Waals surface area contributed by atoms with Crippen molar-refractivity contribution in [3.05, 3.63) is 23.9 Å². The van der Waals surface area contributed by atoms with Gasteiger partial charge in [-0.3, -0.25) is 0 Å². The molecular formula is C11H11N3O3. The molecule has 1 aliphatic rings. The second kappa shape index (κ2) is 4.80. The number of anilines is 1. The van der Waals surface area contributed by atoms with Crippen molar-refractivity contribution in [2.45, 2.75) is 6.04 Å². The third-order valence-electron chi connectivity index (χ3n) is 2.59. The fourth-order valence-electron chi connectivity index (χ4n) is 1.77. The van der Waals surface area contributed by atoms with Crippen LogP contribution in [0.25, 0.3) is 0 Å². The van der Waals surface area contributed by atoms with E-state index < -0.39 is 12.0 Å². The van der Waals surface area contributed by atoms with E-state index in [4.69, 9.17) is 15.1 Å². The zero-order valence-corrected chi connectivity index (χ0v) is 9.04. The molecule has 1 fully saturated rings. The van der Waals surface area contributed by atoms with Crippen molar-refractivity contribution < 1.29 is 14.6 Å². The van der Waals surface area contributed by atoms with Crippen LogP contribution in [0, 0.1) is 11.3 Å². The van der Waals surface area contributed by atoms with E-state index in [1.54, 1.807) is 23.2 Å². The Morgan fingerprint density at radius 3 is 3.24 bits per heavy atom. The Kier molecular flexibility index (Phi) is 3.21. The molecule has 1 aromatic rings. The zero-order valence-electron chi connectivity index (χ0n) is 9.04. The van der Waals surface area contributed by atoms with Crippen LogP contribution in [0.5, 0.6) is 0 Å². The van der Waals surface area contributed by atoms with E-state index in [-0.39, 0.29) is 6.61 Å². The summed E-state index contributed by atoms with van der Waals surface area (Å²) in [6.45, 7) is 0.963. The van der Waals surface area contributed by atoms with Gasteiger partial charge in [-0.25, -0.2) is 9.78 Å². The quantitative estimate of drug-likeness (QED) is 0.787. The number of pyridine rings is 1. The molecule has 1 aromatic heterocycles. The molecule has 0 aromatic carbocycles. The Hall–Kier alpha value is -2.13. The monoisotopic (exact) mass is 233 g/mol. The van der Waals surface area contributed by atoms with Gasteiger partial charge in [0.15, 0.2) is 6.04 Å². The molecule has 0 amide bonds. The lowest BCUT2D eigenvalue weighted by atomic mass is 10.2. The standard InChI is InChI=1S/C11H11N3O3/c12-6-8-2-1-3-13-10(8)14-4-5-17-7-9(14)11(15)16/h1-3,9H,4-5,7H2,(H,15,16). The number of carboxylic acid groups (broad SMARTS) is 1. The lowest BCUT2D eigenvalue weighted by Gasteiger charge is -2.34. The molecule has 1 aliphatic heterocycles. The summed E-state index contributed by atoms with van der Waals surface area (Å²) in [6, 6.07) is 4.50. The van der Waals surface area contributed by atoms with Crippen LogP contribution in [0.4, 0.5) is 5.82 Å². The summed E-state index contributed by atoms with van der Waals surface area (Å²) in [5, 5.41) is 18.1. The molecule has 1 unspecified atom stereocenters. The predicted molar refractivity (Wildman–Crippen MR) is 58.5 cm³/mol. The van der Waals surface area contributed by atoms with Gasteiger partial charge in [0.1, 0.15) is 11.9 Å². The second-order valence-electron chi connectivity index (χ2n) is 3.61. The SMILES string of the molecule is N#Cc1cccnc1N1CCOCC1C(=O)O. The molecule has 0 bridgehead atoms. The molecular weight excluding hydrogens is 222 g/mol. The minimum atomic E-state index is -0.973. The van der Waals surface area contributed by atoms with Crippen molar-refractivity contribution in [1.29, 1.82) is 5.26 Å². The Morgan fingerprint density at radius 2 is 2.53 bits per heavy atom. The number of nitriles is 1. The van der Waals surface area contributed by atoms with E-state index in [2.05, 4.69) is 4.98 Å². The largest absolute Gasteiger partial charge is 0.480 e. The topological polar surface area (TPSA) is 86.5 Å². The van der Waals surface area contributed by atoms with Crippen LogP contribution in [0.2, 0.25) is 0 Å². The average Bonchev–Trinajstić information content (AvgIpc) is 2.38. The lowest BCUT2D eigenvalue weighted by molar-refractivity contribution is -0.141. The summed E-state index contributed by atoms with van der Waals surface area (Å²) >= 11 is 0. The van der Waals surface area contributed by atoms with Gasteiger partial charge in [0.2, 0.25) is 0 Å². The minimum absolute atomic E-state index is 0.108. The number of rotatable bonds is 2. The van der Waals surface area contributed by atoms with Crippen LogP contribution < -0.4 is 4.90 Å². The molecule has 0 aliphatic carbocycles. The van der Waals surface area contributed by atoms with E-state index in [0.29, 0.717) is 24.5 Å². The van der Waals surface area contributed by atoms with Gasteiger partial charge in [-0.05, 0) is 12.1 Å². The number of carbonyl (C=O) groups is 1. The summed E-state index contributed by atoms with van der Waals surface area (Å²) < 4.78 is 5.14. The van der Waals surface area contributed by atoms with E-state index in [0.717, 1.165) is 0 Å². The fraction of sp³-hybridized carbons (Fsp3) is 0.364. The Labute approximate surface area is 98.1 Å². The first-order valence-corrected chi connectivity index (χ1v) is 5.16. The first kappa shape index (κ1) is 11.4. The molecule has 17 heavy (non-hydrogen) atoms. The van der Waals surface area contributed by atoms with Crippen LogP contribution in [0.3, 0.4) is 0 Å². The van der Waals surface area contributed by atoms with Gasteiger partial charge in [-0.1, -0.05) is 0 Å². The van der Waals surface area contributed by atoms with Gasteiger partial charge in [0.05, 0.1) is 18.8 Å². The van der Waals surface area contributed by atoms with Crippen LogP contribution in [-0.4, -0.2) is 41.9 Å². The highest BCUT2D eigenvalue weighted by Crippen LogP contribution is 2.21. The molecule has 0 spiro atoms. The molecule has 6 heteroatoms. The number of carboxylic acids is 1. The maximum Gasteiger partial charge on any atom is 0.328 e. The molecule has 2 heterocycles. The summed E-state index contributed by atoms with van der Waals surface area (Å²) in [4.78, 5) is 16.8. The summed E-state index contributed by atoms with van der Waals surface area (Å²) in [7, 11) is 0. The van der Waals surface area contributed by atoms with Gasteiger partial charge in [0.25, 0.3) is 0 Å². The Bertz CT molecular complexity index is 469. The van der Waals surface area contributed by atoms with Crippen molar-refractivity contribution in [2.75, 3.05) is 24.7 Å². The summed E-state index contributed by atoms with van der Waals surface area (Å²) in [5.74, 6) is -0.565. The summed E-state index contributed by atoms with van der Waals surface area (Å²) in [5.41, 5.74) is 0.376. The molecule has 1 atom stereocenters. The predicted octanol–water partition coefficient (Wildman–Crippen LogP) is 0.243. The van der Waals surface area contributed by atoms with Crippen LogP contribution >= 0.6 is 0 Å². The molecule has 0 radical (unpaired) electrons. The molecule has 88 valence electrons. The van der Waals surface area contributed by atoms with E-state index >= 15 is 0 Å². The molecule has 0 saturated carbocycles. The summed E-state index contributed by atoms with van der Waals surface area (Å²) in [6.07, 6.45) is 1.55. The maximum atomic E-state index is 11.1. The highest BCUT2D eigenvalue weighted by Gasteiger charge is 2.31. The van der Waals surface area contributed by atoms with Gasteiger partial charge < -0.3 is 14.7 Å². The molecule has 1 N–H and O–H groups in total. The van der Waals surface area contributed by atoms with Crippen LogP contribution in [0.15, 0.2) is 18.3 Å². The third-order valence-corrected chi connectivity index (χ3v) is 2.59. The normalized spacial score (nSPS) is 19.7. The van der Waals surface area contributed by atoms with Crippen molar-refractivity contribution in [2.24, 2.45) is 0 Å². The van der Waals surface area contributed by atoms with Crippen molar-refractivity contribution in [1.82, 2.24) is 4.98 Å². The van der Waals surface area contributed by atoms with Crippen molar-refractivity contribution >= 4 is 11.8 Å². The number of nitrogens with zero attached hydrogens (tertiary/aromatic N) is 3.